The van der Waals surface area contributed by atoms with Gasteiger partial charge in [0, 0.05) is 10.9 Å². The average Bonchev–Trinajstić information content (AvgIpc) is 3.30. The van der Waals surface area contributed by atoms with Crippen LogP contribution < -0.4 is 9.47 Å². The molecular formula is C18H11N3O2S. The predicted molar refractivity (Wildman–Crippen MR) is 92.2 cm³/mol. The van der Waals surface area contributed by atoms with Crippen LogP contribution in [0.2, 0.25) is 0 Å². The van der Waals surface area contributed by atoms with Crippen molar-refractivity contribution in [3.8, 4) is 32.8 Å². The molecule has 5 rings (SSSR count). The summed E-state index contributed by atoms with van der Waals surface area (Å²) in [4.78, 5) is 4.67. The highest BCUT2D eigenvalue weighted by Crippen LogP contribution is 2.37. The Kier molecular flexibility index (Phi) is 2.96. The van der Waals surface area contributed by atoms with Crippen molar-refractivity contribution in [2.45, 2.75) is 0 Å². The van der Waals surface area contributed by atoms with Gasteiger partial charge in [-0.15, -0.1) is 10.2 Å². The fourth-order valence-corrected chi connectivity index (χ4v) is 3.47. The van der Waals surface area contributed by atoms with Gasteiger partial charge in [-0.05, 0) is 30.3 Å². The summed E-state index contributed by atoms with van der Waals surface area (Å²) in [6.07, 6.45) is 0. The molecule has 2 aromatic heterocycles. The maximum absolute atomic E-state index is 5.42. The number of hydrogen-bond donors (Lipinski definition) is 0. The number of aromatic nitrogens is 3. The number of fused-ring (bicyclic) bond motifs is 2. The number of ether oxygens (including phenoxy) is 2. The first-order valence-electron chi connectivity index (χ1n) is 7.46. The summed E-state index contributed by atoms with van der Waals surface area (Å²) in [5.74, 6) is 1.51. The molecule has 5 nitrogen and oxygen atoms in total. The predicted octanol–water partition coefficient (Wildman–Crippen LogP) is 4.15. The average molecular weight is 333 g/mol. The number of benzene rings is 2. The van der Waals surface area contributed by atoms with Gasteiger partial charge in [-0.2, -0.15) is 0 Å². The highest BCUT2D eigenvalue weighted by molar-refractivity contribution is 7.17. The second-order valence-corrected chi connectivity index (χ2v) is 6.35. The third kappa shape index (κ3) is 2.19. The molecule has 0 amide bonds. The van der Waals surface area contributed by atoms with Crippen LogP contribution in [-0.2, 0) is 0 Å². The first kappa shape index (κ1) is 13.4. The summed E-state index contributed by atoms with van der Waals surface area (Å²) in [6, 6.07) is 17.9. The third-order valence-electron chi connectivity index (χ3n) is 3.86. The molecule has 0 atom stereocenters. The SMILES string of the molecule is c1ccc2nc(-c3nnc(-c4ccc5c(c4)OCO5)s3)ccc2c1. The minimum Gasteiger partial charge on any atom is -0.454 e. The molecule has 0 unspecified atom stereocenters. The summed E-state index contributed by atoms with van der Waals surface area (Å²) in [7, 11) is 0. The summed E-state index contributed by atoms with van der Waals surface area (Å²) < 4.78 is 10.8. The van der Waals surface area contributed by atoms with E-state index in [1.54, 1.807) is 0 Å². The van der Waals surface area contributed by atoms with Gasteiger partial charge >= 0.3 is 0 Å². The van der Waals surface area contributed by atoms with Crippen LogP contribution in [0.15, 0.2) is 54.6 Å². The molecule has 1 aliphatic rings. The van der Waals surface area contributed by atoms with Gasteiger partial charge in [0.05, 0.1) is 5.52 Å². The molecule has 1 aliphatic heterocycles. The van der Waals surface area contributed by atoms with E-state index in [4.69, 9.17) is 9.47 Å². The molecule has 0 radical (unpaired) electrons. The molecule has 0 saturated heterocycles. The largest absolute Gasteiger partial charge is 0.454 e. The minimum atomic E-state index is 0.265. The van der Waals surface area contributed by atoms with Crippen molar-refractivity contribution in [3.05, 3.63) is 54.6 Å². The van der Waals surface area contributed by atoms with Crippen LogP contribution in [0.1, 0.15) is 0 Å². The van der Waals surface area contributed by atoms with E-state index in [9.17, 15) is 0 Å². The van der Waals surface area contributed by atoms with Crippen LogP contribution in [0.3, 0.4) is 0 Å². The van der Waals surface area contributed by atoms with E-state index in [1.165, 1.54) is 11.3 Å². The lowest BCUT2D eigenvalue weighted by Crippen LogP contribution is -1.92. The molecule has 0 aliphatic carbocycles. The maximum atomic E-state index is 5.42. The van der Waals surface area contributed by atoms with Gasteiger partial charge in [0.25, 0.3) is 0 Å². The Morgan fingerprint density at radius 1 is 0.833 bits per heavy atom. The topological polar surface area (TPSA) is 57.1 Å². The quantitative estimate of drug-likeness (QED) is 0.551. The van der Waals surface area contributed by atoms with E-state index >= 15 is 0 Å². The minimum absolute atomic E-state index is 0.265. The lowest BCUT2D eigenvalue weighted by atomic mass is 10.2. The van der Waals surface area contributed by atoms with E-state index in [2.05, 4.69) is 21.2 Å². The number of hydrogen-bond acceptors (Lipinski definition) is 6. The highest BCUT2D eigenvalue weighted by Gasteiger charge is 2.16. The van der Waals surface area contributed by atoms with Crippen LogP contribution in [-0.4, -0.2) is 22.0 Å². The van der Waals surface area contributed by atoms with Crippen molar-refractivity contribution in [1.29, 1.82) is 0 Å². The standard InChI is InChI=1S/C18H11N3O2S/c1-2-4-13-11(3-1)5-7-14(19-13)18-21-20-17(24-18)12-6-8-15-16(9-12)23-10-22-15/h1-9H,10H2. The molecule has 0 spiro atoms. The van der Waals surface area contributed by atoms with Crippen LogP contribution in [0.25, 0.3) is 32.2 Å². The molecule has 0 saturated carbocycles. The van der Waals surface area contributed by atoms with E-state index < -0.39 is 0 Å². The fourth-order valence-electron chi connectivity index (χ4n) is 2.66. The second kappa shape index (κ2) is 5.28. The van der Waals surface area contributed by atoms with Crippen LogP contribution >= 0.6 is 11.3 Å². The van der Waals surface area contributed by atoms with Crippen molar-refractivity contribution in [3.63, 3.8) is 0 Å². The molecular weight excluding hydrogens is 322 g/mol. The normalized spacial score (nSPS) is 12.7. The Morgan fingerprint density at radius 3 is 2.71 bits per heavy atom. The summed E-state index contributed by atoms with van der Waals surface area (Å²) in [6.45, 7) is 0.265. The van der Waals surface area contributed by atoms with Crippen LogP contribution in [0.5, 0.6) is 11.5 Å². The van der Waals surface area contributed by atoms with Gasteiger partial charge in [0.2, 0.25) is 6.79 Å². The van der Waals surface area contributed by atoms with Crippen LogP contribution in [0.4, 0.5) is 0 Å². The van der Waals surface area contributed by atoms with Gasteiger partial charge < -0.3 is 9.47 Å². The molecule has 24 heavy (non-hydrogen) atoms. The third-order valence-corrected chi connectivity index (χ3v) is 4.86. The van der Waals surface area contributed by atoms with Crippen LogP contribution in [0, 0.1) is 0 Å². The van der Waals surface area contributed by atoms with E-state index in [0.29, 0.717) is 0 Å². The van der Waals surface area contributed by atoms with Gasteiger partial charge in [-0.1, -0.05) is 35.6 Å². The summed E-state index contributed by atoms with van der Waals surface area (Å²) >= 11 is 1.51. The van der Waals surface area contributed by atoms with Crippen molar-refractivity contribution < 1.29 is 9.47 Å². The number of rotatable bonds is 2. The smallest absolute Gasteiger partial charge is 0.231 e. The summed E-state index contributed by atoms with van der Waals surface area (Å²) in [5, 5.41) is 11.3. The highest BCUT2D eigenvalue weighted by atomic mass is 32.1. The van der Waals surface area contributed by atoms with E-state index in [1.807, 2.05) is 48.5 Å². The Labute approximate surface area is 141 Å². The fraction of sp³-hybridized carbons (Fsp3) is 0.0556. The number of para-hydroxylation sites is 1. The van der Waals surface area contributed by atoms with Gasteiger partial charge in [-0.25, -0.2) is 4.98 Å². The molecule has 3 heterocycles. The van der Waals surface area contributed by atoms with Crippen molar-refractivity contribution in [1.82, 2.24) is 15.2 Å². The lowest BCUT2D eigenvalue weighted by molar-refractivity contribution is 0.174. The zero-order valence-electron chi connectivity index (χ0n) is 12.5. The lowest BCUT2D eigenvalue weighted by Gasteiger charge is -1.99. The Morgan fingerprint density at radius 2 is 1.71 bits per heavy atom. The van der Waals surface area contributed by atoms with Gasteiger partial charge in [-0.3, -0.25) is 0 Å². The Balaban J connectivity index is 1.54. The van der Waals surface area contributed by atoms with Gasteiger partial charge in [0.15, 0.2) is 16.5 Å². The molecule has 6 heteroatoms. The Bertz CT molecular complexity index is 1060. The molecule has 4 aromatic rings. The second-order valence-electron chi connectivity index (χ2n) is 5.37. The molecule has 0 N–H and O–H groups in total. The number of nitrogens with zero attached hydrogens (tertiary/aromatic N) is 3. The summed E-state index contributed by atoms with van der Waals surface area (Å²) in [5.41, 5.74) is 2.75. The molecule has 0 fully saturated rings. The van der Waals surface area contributed by atoms with Crippen molar-refractivity contribution >= 4 is 22.2 Å². The van der Waals surface area contributed by atoms with Crippen molar-refractivity contribution in [2.24, 2.45) is 0 Å². The number of pyridine rings is 1. The first-order chi connectivity index (χ1) is 11.9. The monoisotopic (exact) mass is 333 g/mol. The zero-order chi connectivity index (χ0) is 15.9. The van der Waals surface area contributed by atoms with Crippen molar-refractivity contribution in [2.75, 3.05) is 6.79 Å². The Hall–Kier alpha value is -2.99. The van der Waals surface area contributed by atoms with E-state index in [-0.39, 0.29) is 6.79 Å². The zero-order valence-corrected chi connectivity index (χ0v) is 13.3. The molecule has 2 aromatic carbocycles. The maximum Gasteiger partial charge on any atom is 0.231 e. The van der Waals surface area contributed by atoms with E-state index in [0.717, 1.165) is 43.7 Å². The molecule has 0 bridgehead atoms. The molecule has 116 valence electrons. The van der Waals surface area contributed by atoms with Gasteiger partial charge in [0.1, 0.15) is 10.7 Å². The first-order valence-corrected chi connectivity index (χ1v) is 8.28.